The van der Waals surface area contributed by atoms with Crippen LogP contribution < -0.4 is 10.2 Å². The molecule has 0 radical (unpaired) electrons. The lowest BCUT2D eigenvalue weighted by Crippen LogP contribution is -2.36. The maximum Gasteiger partial charge on any atom is 0.416 e. The lowest BCUT2D eigenvalue weighted by atomic mass is 10.0. The molecule has 1 atom stereocenters. The van der Waals surface area contributed by atoms with Crippen LogP contribution in [0.4, 0.5) is 24.5 Å². The molecule has 1 amide bonds. The van der Waals surface area contributed by atoms with Crippen LogP contribution in [0.3, 0.4) is 0 Å². The van der Waals surface area contributed by atoms with E-state index < -0.39 is 28.7 Å². The molecule has 1 aliphatic rings. The predicted octanol–water partition coefficient (Wildman–Crippen LogP) is 4.54. The summed E-state index contributed by atoms with van der Waals surface area (Å²) in [5.74, 6) is -0.822. The monoisotopic (exact) mass is 518 g/mol. The summed E-state index contributed by atoms with van der Waals surface area (Å²) in [4.78, 5) is 19.1. The molecule has 1 N–H and O–H groups in total. The highest BCUT2D eigenvalue weighted by Gasteiger charge is 2.31. The van der Waals surface area contributed by atoms with Crippen molar-refractivity contribution < 1.29 is 31.5 Å². The number of aromatic nitrogens is 1. The lowest BCUT2D eigenvalue weighted by Gasteiger charge is -2.31. The zero-order valence-electron chi connectivity index (χ0n) is 19.3. The van der Waals surface area contributed by atoms with Gasteiger partial charge in [-0.2, -0.15) is 13.2 Å². The SMILES string of the molecule is Cc1ncc(NC(=O)c2cccc(C(F)(F)F)c2)cc1-c1ccc(CS(=O)[O-])c(N2CCOCC2)c1. The van der Waals surface area contributed by atoms with Crippen molar-refractivity contribution in [2.24, 2.45) is 0 Å². The number of halogens is 3. The van der Waals surface area contributed by atoms with Crippen molar-refractivity contribution in [1.82, 2.24) is 4.98 Å². The third-order valence-corrected chi connectivity index (χ3v) is 6.37. The summed E-state index contributed by atoms with van der Waals surface area (Å²) >= 11 is -2.26. The van der Waals surface area contributed by atoms with Crippen molar-refractivity contribution in [2.75, 3.05) is 36.5 Å². The Balaban J connectivity index is 1.64. The van der Waals surface area contributed by atoms with E-state index in [0.29, 0.717) is 48.8 Å². The van der Waals surface area contributed by atoms with Crippen LogP contribution in [0.15, 0.2) is 54.7 Å². The number of aryl methyl sites for hydroxylation is 1. The molecule has 36 heavy (non-hydrogen) atoms. The maximum absolute atomic E-state index is 13.0. The Morgan fingerprint density at radius 1 is 1.17 bits per heavy atom. The summed E-state index contributed by atoms with van der Waals surface area (Å²) in [6.07, 6.45) is -3.12. The van der Waals surface area contributed by atoms with Crippen molar-refractivity contribution in [2.45, 2.75) is 18.9 Å². The molecule has 1 unspecified atom stereocenters. The van der Waals surface area contributed by atoms with Crippen LogP contribution >= 0.6 is 0 Å². The van der Waals surface area contributed by atoms with Crippen LogP contribution in [0.1, 0.15) is 27.2 Å². The highest BCUT2D eigenvalue weighted by Crippen LogP contribution is 2.33. The Labute approximate surface area is 208 Å². The van der Waals surface area contributed by atoms with Gasteiger partial charge in [-0.3, -0.25) is 14.0 Å². The average molecular weight is 519 g/mol. The predicted molar refractivity (Wildman–Crippen MR) is 129 cm³/mol. The van der Waals surface area contributed by atoms with Gasteiger partial charge in [0.1, 0.15) is 0 Å². The van der Waals surface area contributed by atoms with Gasteiger partial charge >= 0.3 is 6.18 Å². The van der Waals surface area contributed by atoms with Gasteiger partial charge in [-0.05, 0) is 48.4 Å². The smallest absolute Gasteiger partial charge is 0.416 e. The van der Waals surface area contributed by atoms with Crippen LogP contribution in [0.5, 0.6) is 0 Å². The zero-order chi connectivity index (χ0) is 25.9. The van der Waals surface area contributed by atoms with E-state index in [4.69, 9.17) is 4.74 Å². The number of alkyl halides is 3. The number of carbonyl (C=O) groups is 1. The first-order valence-electron chi connectivity index (χ1n) is 11.1. The Kier molecular flexibility index (Phi) is 7.72. The molecule has 1 aromatic heterocycles. The van der Waals surface area contributed by atoms with E-state index in [1.165, 1.54) is 18.3 Å². The minimum Gasteiger partial charge on any atom is -0.772 e. The summed E-state index contributed by atoms with van der Waals surface area (Å²) < 4.78 is 67.3. The van der Waals surface area contributed by atoms with E-state index in [1.807, 2.05) is 6.07 Å². The molecule has 4 rings (SSSR count). The van der Waals surface area contributed by atoms with Crippen LogP contribution in [0, 0.1) is 6.92 Å². The molecule has 3 aromatic rings. The van der Waals surface area contributed by atoms with Gasteiger partial charge in [0.2, 0.25) is 0 Å². The summed E-state index contributed by atoms with van der Waals surface area (Å²) in [6, 6.07) is 11.3. The van der Waals surface area contributed by atoms with Crippen molar-refractivity contribution >= 4 is 28.4 Å². The summed E-state index contributed by atoms with van der Waals surface area (Å²) in [5.41, 5.74) is 2.84. The fourth-order valence-electron chi connectivity index (χ4n) is 4.01. The maximum atomic E-state index is 13.0. The third-order valence-electron chi connectivity index (χ3n) is 5.82. The number of rotatable bonds is 6. The Hall–Kier alpha value is -3.28. The zero-order valence-corrected chi connectivity index (χ0v) is 20.1. The second kappa shape index (κ2) is 10.8. The quantitative estimate of drug-likeness (QED) is 0.482. The second-order valence-electron chi connectivity index (χ2n) is 8.28. The largest absolute Gasteiger partial charge is 0.772 e. The standard InChI is InChI=1S/C25H24F3N3O4S/c1-16-22(17-5-6-19(15-36(33)34)23(12-17)31-7-9-35-10-8-31)13-21(14-29-16)30-24(32)18-3-2-4-20(11-18)25(26,27)28/h2-6,11-14H,7-10,15H2,1H3,(H,30,32)(H,33,34)/p-1. The molecule has 11 heteroatoms. The number of ether oxygens (including phenoxy) is 1. The fraction of sp³-hybridized carbons (Fsp3) is 0.280. The van der Waals surface area contributed by atoms with Gasteiger partial charge in [0.15, 0.2) is 0 Å². The van der Waals surface area contributed by atoms with Gasteiger partial charge < -0.3 is 19.5 Å². The molecule has 1 fully saturated rings. The van der Waals surface area contributed by atoms with E-state index >= 15 is 0 Å². The molecule has 0 bridgehead atoms. The summed E-state index contributed by atoms with van der Waals surface area (Å²) in [5, 5.41) is 2.61. The average Bonchev–Trinajstić information content (AvgIpc) is 2.85. The van der Waals surface area contributed by atoms with Gasteiger partial charge in [0, 0.05) is 41.4 Å². The topological polar surface area (TPSA) is 94.6 Å². The van der Waals surface area contributed by atoms with E-state index in [1.54, 1.807) is 25.1 Å². The molecular weight excluding hydrogens is 495 g/mol. The summed E-state index contributed by atoms with van der Waals surface area (Å²) in [7, 11) is 0. The summed E-state index contributed by atoms with van der Waals surface area (Å²) in [6.45, 7) is 4.09. The number of amides is 1. The van der Waals surface area contributed by atoms with Gasteiger partial charge in [-0.15, -0.1) is 0 Å². The van der Waals surface area contributed by atoms with Crippen molar-refractivity contribution in [3.05, 3.63) is 77.1 Å². The van der Waals surface area contributed by atoms with E-state index in [0.717, 1.165) is 23.4 Å². The third kappa shape index (κ3) is 6.10. The van der Waals surface area contributed by atoms with Gasteiger partial charge in [0.25, 0.3) is 5.91 Å². The molecule has 190 valence electrons. The molecule has 0 spiro atoms. The van der Waals surface area contributed by atoms with Crippen molar-refractivity contribution in [3.8, 4) is 11.1 Å². The van der Waals surface area contributed by atoms with Gasteiger partial charge in [-0.1, -0.05) is 29.3 Å². The van der Waals surface area contributed by atoms with E-state index in [2.05, 4.69) is 15.2 Å². The lowest BCUT2D eigenvalue weighted by molar-refractivity contribution is -0.137. The highest BCUT2D eigenvalue weighted by atomic mass is 32.2. The number of morpholine rings is 1. The number of anilines is 2. The molecule has 2 aromatic carbocycles. The minimum absolute atomic E-state index is 0.128. The molecule has 1 aliphatic heterocycles. The van der Waals surface area contributed by atoms with Crippen LogP contribution in [-0.2, 0) is 27.7 Å². The van der Waals surface area contributed by atoms with Crippen molar-refractivity contribution in [3.63, 3.8) is 0 Å². The first kappa shape index (κ1) is 25.8. The van der Waals surface area contributed by atoms with E-state index in [9.17, 15) is 26.7 Å². The number of nitrogens with zero attached hydrogens (tertiary/aromatic N) is 2. The molecule has 0 aliphatic carbocycles. The van der Waals surface area contributed by atoms with Crippen LogP contribution in [0.2, 0.25) is 0 Å². The molecular formula is C25H23F3N3O4S-. The fourth-order valence-corrected chi connectivity index (χ4v) is 4.51. The Bertz CT molecular complexity index is 1290. The number of carbonyl (C=O) groups excluding carboxylic acids is 1. The van der Waals surface area contributed by atoms with Gasteiger partial charge in [0.05, 0.1) is 30.7 Å². The number of hydrogen-bond acceptors (Lipinski definition) is 6. The number of benzene rings is 2. The van der Waals surface area contributed by atoms with Crippen molar-refractivity contribution in [1.29, 1.82) is 0 Å². The van der Waals surface area contributed by atoms with Crippen LogP contribution in [-0.4, -0.2) is 46.0 Å². The molecule has 2 heterocycles. The first-order valence-corrected chi connectivity index (χ1v) is 12.3. The number of pyridine rings is 1. The molecule has 1 saturated heterocycles. The van der Waals surface area contributed by atoms with Gasteiger partial charge in [-0.25, -0.2) is 0 Å². The number of hydrogen-bond donors (Lipinski definition) is 1. The molecule has 0 saturated carbocycles. The second-order valence-corrected chi connectivity index (χ2v) is 9.18. The molecule has 7 nitrogen and oxygen atoms in total. The minimum atomic E-state index is -4.56. The van der Waals surface area contributed by atoms with E-state index in [-0.39, 0.29) is 11.3 Å². The number of nitrogens with one attached hydrogen (secondary N) is 1. The Morgan fingerprint density at radius 3 is 2.61 bits per heavy atom. The first-order chi connectivity index (χ1) is 17.1. The Morgan fingerprint density at radius 2 is 1.92 bits per heavy atom. The normalized spacial score (nSPS) is 15.0. The van der Waals surface area contributed by atoms with Crippen LogP contribution in [0.25, 0.3) is 11.1 Å². The highest BCUT2D eigenvalue weighted by molar-refractivity contribution is 7.78.